The fourth-order valence-corrected chi connectivity index (χ4v) is 3.05. The van der Waals surface area contributed by atoms with Crippen molar-refractivity contribution < 1.29 is 0 Å². The smallest absolute Gasteiger partial charge is 0.147 e. The molecule has 1 N–H and O–H groups in total. The van der Waals surface area contributed by atoms with Gasteiger partial charge in [0.1, 0.15) is 5.15 Å². The van der Waals surface area contributed by atoms with E-state index in [0.29, 0.717) is 16.1 Å². The van der Waals surface area contributed by atoms with Gasteiger partial charge in [0, 0.05) is 12.7 Å². The number of fused-ring (bicyclic) bond motifs is 1. The van der Waals surface area contributed by atoms with E-state index in [2.05, 4.69) is 16.4 Å². The maximum atomic E-state index is 6.01. The monoisotopic (exact) mass is 268 g/mol. The van der Waals surface area contributed by atoms with E-state index < -0.39 is 0 Å². The Morgan fingerprint density at radius 1 is 1.29 bits per heavy atom. The molecule has 1 aliphatic heterocycles. The van der Waals surface area contributed by atoms with Crippen molar-refractivity contribution in [1.29, 1.82) is 0 Å². The minimum atomic E-state index is 0.382. The molecule has 0 aromatic carbocycles. The first-order chi connectivity index (χ1) is 8.24. The van der Waals surface area contributed by atoms with E-state index in [0.717, 1.165) is 31.0 Å². The summed E-state index contributed by atoms with van der Waals surface area (Å²) in [5.74, 6) is 1.49. The number of pyridine rings is 1. The van der Waals surface area contributed by atoms with Crippen LogP contribution in [0.25, 0.3) is 5.57 Å². The van der Waals surface area contributed by atoms with Gasteiger partial charge in [-0.25, -0.2) is 4.98 Å². The normalized spacial score (nSPS) is 27.8. The molecule has 0 spiro atoms. The Balaban J connectivity index is 1.91. The fraction of sp³-hybridized carbons (Fsp3) is 0.462. The van der Waals surface area contributed by atoms with Gasteiger partial charge < -0.3 is 5.32 Å². The molecule has 1 aromatic rings. The Bertz CT molecular complexity index is 470. The lowest BCUT2D eigenvalue weighted by atomic mass is 9.81. The molecule has 90 valence electrons. The second-order valence-electron chi connectivity index (χ2n) is 4.81. The lowest BCUT2D eigenvalue weighted by Gasteiger charge is -2.23. The molecule has 0 saturated carbocycles. The highest BCUT2D eigenvalue weighted by Gasteiger charge is 2.29. The fourth-order valence-electron chi connectivity index (χ4n) is 2.78. The molecule has 3 rings (SSSR count). The van der Waals surface area contributed by atoms with Gasteiger partial charge in [-0.15, -0.1) is 0 Å². The molecule has 0 radical (unpaired) electrons. The van der Waals surface area contributed by atoms with E-state index in [4.69, 9.17) is 23.2 Å². The average molecular weight is 269 g/mol. The van der Waals surface area contributed by atoms with Crippen LogP contribution in [0.3, 0.4) is 0 Å². The third-order valence-electron chi connectivity index (χ3n) is 3.76. The number of aromatic nitrogens is 1. The van der Waals surface area contributed by atoms with Crippen LogP contribution >= 0.6 is 23.2 Å². The number of hydrogen-bond acceptors (Lipinski definition) is 2. The van der Waals surface area contributed by atoms with Crippen LogP contribution in [-0.2, 0) is 0 Å². The molecule has 2 heterocycles. The Hall–Kier alpha value is -0.570. The van der Waals surface area contributed by atoms with Crippen molar-refractivity contribution in [3.8, 4) is 0 Å². The molecule has 1 saturated heterocycles. The summed E-state index contributed by atoms with van der Waals surface area (Å²) in [6.07, 6.45) is 6.57. The highest BCUT2D eigenvalue weighted by molar-refractivity contribution is 6.41. The van der Waals surface area contributed by atoms with Gasteiger partial charge in [-0.05, 0) is 48.4 Å². The molecule has 2 atom stereocenters. The van der Waals surface area contributed by atoms with Gasteiger partial charge in [-0.3, -0.25) is 0 Å². The summed E-state index contributed by atoms with van der Waals surface area (Å²) >= 11 is 11.8. The molecular formula is C13H14Cl2N2. The third-order valence-corrected chi connectivity index (χ3v) is 4.44. The maximum absolute atomic E-state index is 6.01. The van der Waals surface area contributed by atoms with Crippen LogP contribution in [0.1, 0.15) is 18.4 Å². The topological polar surface area (TPSA) is 24.9 Å². The molecule has 0 amide bonds. The summed E-state index contributed by atoms with van der Waals surface area (Å²) in [6.45, 7) is 2.26. The molecule has 1 aromatic heterocycles. The first-order valence-corrected chi connectivity index (χ1v) is 6.72. The van der Waals surface area contributed by atoms with Crippen LogP contribution in [-0.4, -0.2) is 18.1 Å². The zero-order chi connectivity index (χ0) is 11.8. The summed E-state index contributed by atoms with van der Waals surface area (Å²) in [7, 11) is 0. The van der Waals surface area contributed by atoms with Crippen LogP contribution in [0.2, 0.25) is 10.2 Å². The molecular weight excluding hydrogens is 255 g/mol. The minimum absolute atomic E-state index is 0.382. The predicted molar refractivity (Wildman–Crippen MR) is 71.3 cm³/mol. The van der Waals surface area contributed by atoms with E-state index in [9.17, 15) is 0 Å². The summed E-state index contributed by atoms with van der Waals surface area (Å²) in [4.78, 5) is 4.12. The third kappa shape index (κ3) is 2.22. The summed E-state index contributed by atoms with van der Waals surface area (Å²) in [5.41, 5.74) is 2.48. The van der Waals surface area contributed by atoms with Crippen molar-refractivity contribution in [3.05, 3.63) is 34.1 Å². The molecule has 2 unspecified atom stereocenters. The van der Waals surface area contributed by atoms with E-state index in [1.165, 1.54) is 12.0 Å². The van der Waals surface area contributed by atoms with Crippen LogP contribution in [0.4, 0.5) is 0 Å². The van der Waals surface area contributed by atoms with Gasteiger partial charge >= 0.3 is 0 Å². The molecule has 17 heavy (non-hydrogen) atoms. The Kier molecular flexibility index (Phi) is 3.12. The average Bonchev–Trinajstić information content (AvgIpc) is 2.79. The predicted octanol–water partition coefficient (Wildman–Crippen LogP) is 3.40. The van der Waals surface area contributed by atoms with Gasteiger partial charge in [-0.1, -0.05) is 29.3 Å². The molecule has 0 bridgehead atoms. The molecule has 2 nitrogen and oxygen atoms in total. The van der Waals surface area contributed by atoms with E-state index in [1.807, 2.05) is 12.3 Å². The van der Waals surface area contributed by atoms with E-state index in [-0.39, 0.29) is 0 Å². The van der Waals surface area contributed by atoms with Crippen molar-refractivity contribution >= 4 is 28.8 Å². The molecule has 4 heteroatoms. The minimum Gasteiger partial charge on any atom is -0.316 e. The highest BCUT2D eigenvalue weighted by Crippen LogP contribution is 2.36. The SMILES string of the molecule is Clc1cc(C2=CC3CNCC3CC2)cnc1Cl. The van der Waals surface area contributed by atoms with Gasteiger partial charge in [0.15, 0.2) is 0 Å². The summed E-state index contributed by atoms with van der Waals surface area (Å²) in [5, 5.41) is 4.37. The molecule has 1 fully saturated rings. The standard InChI is InChI=1S/C13H14Cl2N2/c14-12-4-11(7-17-13(12)15)8-1-2-9-5-16-6-10(9)3-8/h3-4,7,9-10,16H,1-2,5-6H2. The Morgan fingerprint density at radius 2 is 2.18 bits per heavy atom. The first-order valence-electron chi connectivity index (χ1n) is 5.97. The zero-order valence-electron chi connectivity index (χ0n) is 9.42. The van der Waals surface area contributed by atoms with Crippen molar-refractivity contribution in [2.45, 2.75) is 12.8 Å². The number of nitrogens with one attached hydrogen (secondary N) is 1. The maximum Gasteiger partial charge on any atom is 0.147 e. The summed E-state index contributed by atoms with van der Waals surface area (Å²) in [6, 6.07) is 1.92. The van der Waals surface area contributed by atoms with Gasteiger partial charge in [0.25, 0.3) is 0 Å². The zero-order valence-corrected chi connectivity index (χ0v) is 10.9. The number of allylic oxidation sites excluding steroid dienone is 1. The number of rotatable bonds is 1. The van der Waals surface area contributed by atoms with Crippen molar-refractivity contribution in [3.63, 3.8) is 0 Å². The van der Waals surface area contributed by atoms with Crippen molar-refractivity contribution in [1.82, 2.24) is 10.3 Å². The second kappa shape index (κ2) is 4.60. The highest BCUT2D eigenvalue weighted by atomic mass is 35.5. The van der Waals surface area contributed by atoms with Gasteiger partial charge in [-0.2, -0.15) is 0 Å². The largest absolute Gasteiger partial charge is 0.316 e. The molecule has 2 aliphatic rings. The Labute approximate surface area is 111 Å². The van der Waals surface area contributed by atoms with Crippen LogP contribution in [0.15, 0.2) is 18.3 Å². The number of halogens is 2. The lowest BCUT2D eigenvalue weighted by molar-refractivity contribution is 0.448. The Morgan fingerprint density at radius 3 is 3.00 bits per heavy atom. The van der Waals surface area contributed by atoms with Gasteiger partial charge in [0.2, 0.25) is 0 Å². The van der Waals surface area contributed by atoms with E-state index in [1.54, 1.807) is 0 Å². The summed E-state index contributed by atoms with van der Waals surface area (Å²) < 4.78 is 0. The number of nitrogens with zero attached hydrogens (tertiary/aromatic N) is 1. The molecule has 1 aliphatic carbocycles. The first kappa shape index (κ1) is 11.5. The number of hydrogen-bond donors (Lipinski definition) is 1. The van der Waals surface area contributed by atoms with Crippen LogP contribution in [0, 0.1) is 11.8 Å². The van der Waals surface area contributed by atoms with Gasteiger partial charge in [0.05, 0.1) is 5.02 Å². The van der Waals surface area contributed by atoms with Crippen LogP contribution in [0.5, 0.6) is 0 Å². The van der Waals surface area contributed by atoms with E-state index >= 15 is 0 Å². The quantitative estimate of drug-likeness (QED) is 0.790. The van der Waals surface area contributed by atoms with Crippen LogP contribution < -0.4 is 5.32 Å². The van der Waals surface area contributed by atoms with Crippen molar-refractivity contribution in [2.75, 3.05) is 13.1 Å². The lowest BCUT2D eigenvalue weighted by Crippen LogP contribution is -2.15. The van der Waals surface area contributed by atoms with Crippen molar-refractivity contribution in [2.24, 2.45) is 11.8 Å². The second-order valence-corrected chi connectivity index (χ2v) is 5.57.